The van der Waals surface area contributed by atoms with Crippen molar-refractivity contribution in [2.75, 3.05) is 0 Å². The lowest BCUT2D eigenvalue weighted by Crippen LogP contribution is -2.63. The van der Waals surface area contributed by atoms with E-state index >= 15 is 4.39 Å². The summed E-state index contributed by atoms with van der Waals surface area (Å²) in [4.78, 5) is 0. The minimum Gasteiger partial charge on any atom is -0.325 e. The normalized spacial score (nSPS) is 18.8. The van der Waals surface area contributed by atoms with E-state index in [0.29, 0.717) is 0 Å². The largest absolute Gasteiger partial charge is 0.325 e. The van der Waals surface area contributed by atoms with E-state index in [0.717, 1.165) is 0 Å². The van der Waals surface area contributed by atoms with Crippen LogP contribution in [0.4, 0.5) is 4.39 Å². The van der Waals surface area contributed by atoms with Crippen molar-refractivity contribution in [1.82, 2.24) is 0 Å². The fourth-order valence-electron chi connectivity index (χ4n) is 1.95. The van der Waals surface area contributed by atoms with Crippen molar-refractivity contribution >= 4 is 0 Å². The summed E-state index contributed by atoms with van der Waals surface area (Å²) in [5, 5.41) is 0. The van der Waals surface area contributed by atoms with Gasteiger partial charge in [0.15, 0.2) is 0 Å². The van der Waals surface area contributed by atoms with Crippen molar-refractivity contribution in [1.29, 1.82) is 0 Å². The Labute approximate surface area is 101 Å². The standard InChI is InChI=1S/C14H30FN/c1-10(2)11(3,4)14(9,15)12(5,6)13(7,8)16/h10H,16H2,1-9H3. The van der Waals surface area contributed by atoms with Crippen LogP contribution in [0.3, 0.4) is 0 Å². The monoisotopic (exact) mass is 231 g/mol. The van der Waals surface area contributed by atoms with Crippen LogP contribution in [-0.4, -0.2) is 11.2 Å². The molecule has 0 aromatic carbocycles. The fraction of sp³-hybridized carbons (Fsp3) is 1.00. The molecule has 0 radical (unpaired) electrons. The van der Waals surface area contributed by atoms with Crippen LogP contribution in [0.5, 0.6) is 0 Å². The zero-order valence-corrected chi connectivity index (χ0v) is 12.5. The van der Waals surface area contributed by atoms with Crippen LogP contribution >= 0.6 is 0 Å². The number of rotatable bonds is 4. The predicted octanol–water partition coefficient (Wildman–Crippen LogP) is 4.16. The maximum atomic E-state index is 15.3. The second-order valence-electron chi connectivity index (χ2n) is 7.23. The molecule has 0 amide bonds. The summed E-state index contributed by atoms with van der Waals surface area (Å²) in [7, 11) is 0. The van der Waals surface area contributed by atoms with Crippen LogP contribution < -0.4 is 5.73 Å². The third-order valence-corrected chi connectivity index (χ3v) is 5.44. The highest BCUT2D eigenvalue weighted by Crippen LogP contribution is 2.54. The summed E-state index contributed by atoms with van der Waals surface area (Å²) in [6.07, 6.45) is 0. The molecule has 0 fully saturated rings. The molecule has 0 heterocycles. The van der Waals surface area contributed by atoms with Crippen LogP contribution in [0.1, 0.15) is 62.3 Å². The van der Waals surface area contributed by atoms with Gasteiger partial charge in [0.1, 0.15) is 5.67 Å². The molecule has 2 N–H and O–H groups in total. The van der Waals surface area contributed by atoms with Gasteiger partial charge in [-0.15, -0.1) is 0 Å². The Bertz CT molecular complexity index is 244. The minimum absolute atomic E-state index is 0.268. The van der Waals surface area contributed by atoms with E-state index < -0.39 is 22.0 Å². The molecule has 98 valence electrons. The summed E-state index contributed by atoms with van der Waals surface area (Å²) < 4.78 is 15.3. The van der Waals surface area contributed by atoms with Crippen LogP contribution in [0.2, 0.25) is 0 Å². The molecule has 1 unspecified atom stereocenters. The van der Waals surface area contributed by atoms with E-state index in [1.54, 1.807) is 6.92 Å². The molecule has 0 aromatic heterocycles. The first-order valence-corrected chi connectivity index (χ1v) is 6.17. The molecule has 0 spiro atoms. The molecule has 2 heteroatoms. The van der Waals surface area contributed by atoms with Gasteiger partial charge in [0.2, 0.25) is 0 Å². The van der Waals surface area contributed by atoms with Gasteiger partial charge in [0.25, 0.3) is 0 Å². The molecular weight excluding hydrogens is 201 g/mol. The van der Waals surface area contributed by atoms with Crippen LogP contribution in [0, 0.1) is 16.7 Å². The SMILES string of the molecule is CC(C)C(C)(C)C(C)(F)C(C)(C)C(C)(C)N. The fourth-order valence-corrected chi connectivity index (χ4v) is 1.95. The maximum absolute atomic E-state index is 15.3. The molecule has 0 saturated carbocycles. The molecule has 0 aliphatic carbocycles. The number of nitrogens with two attached hydrogens (primary N) is 1. The summed E-state index contributed by atoms with van der Waals surface area (Å²) in [5.74, 6) is 0.268. The lowest BCUT2D eigenvalue weighted by atomic mass is 9.54. The van der Waals surface area contributed by atoms with E-state index in [1.807, 2.05) is 41.5 Å². The van der Waals surface area contributed by atoms with E-state index in [2.05, 4.69) is 13.8 Å². The maximum Gasteiger partial charge on any atom is 0.120 e. The number of hydrogen-bond donors (Lipinski definition) is 1. The first-order chi connectivity index (χ1) is 6.69. The highest BCUT2D eigenvalue weighted by molar-refractivity contribution is 5.09. The Morgan fingerprint density at radius 2 is 1.19 bits per heavy atom. The van der Waals surface area contributed by atoms with Gasteiger partial charge in [-0.2, -0.15) is 0 Å². The first-order valence-electron chi connectivity index (χ1n) is 6.17. The van der Waals surface area contributed by atoms with Gasteiger partial charge in [-0.25, -0.2) is 4.39 Å². The Morgan fingerprint density at radius 3 is 1.38 bits per heavy atom. The lowest BCUT2D eigenvalue weighted by Gasteiger charge is -2.55. The molecule has 0 aliphatic heterocycles. The van der Waals surface area contributed by atoms with Gasteiger partial charge in [0.05, 0.1) is 0 Å². The molecular formula is C14H30FN. The van der Waals surface area contributed by atoms with E-state index in [9.17, 15) is 0 Å². The summed E-state index contributed by atoms with van der Waals surface area (Å²) in [5.41, 5.74) is 3.28. The minimum atomic E-state index is -1.33. The second kappa shape index (κ2) is 3.97. The van der Waals surface area contributed by atoms with Crippen LogP contribution in [-0.2, 0) is 0 Å². The summed E-state index contributed by atoms with van der Waals surface area (Å²) in [6, 6.07) is 0. The Morgan fingerprint density at radius 1 is 0.875 bits per heavy atom. The Hall–Kier alpha value is -0.110. The van der Waals surface area contributed by atoms with Crippen molar-refractivity contribution in [3.05, 3.63) is 0 Å². The predicted molar refractivity (Wildman–Crippen MR) is 70.2 cm³/mol. The van der Waals surface area contributed by atoms with E-state index in [4.69, 9.17) is 5.73 Å². The topological polar surface area (TPSA) is 26.0 Å². The average molecular weight is 231 g/mol. The molecule has 1 nitrogen and oxygen atoms in total. The molecule has 0 aromatic rings. The average Bonchev–Trinajstić information content (AvgIpc) is 2.00. The quantitative estimate of drug-likeness (QED) is 0.772. The van der Waals surface area contributed by atoms with E-state index in [1.165, 1.54) is 0 Å². The van der Waals surface area contributed by atoms with Crippen molar-refractivity contribution < 1.29 is 4.39 Å². The van der Waals surface area contributed by atoms with Crippen molar-refractivity contribution in [3.8, 4) is 0 Å². The first kappa shape index (κ1) is 15.9. The van der Waals surface area contributed by atoms with Crippen molar-refractivity contribution in [2.45, 2.75) is 73.5 Å². The molecule has 1 atom stereocenters. The van der Waals surface area contributed by atoms with Crippen molar-refractivity contribution in [3.63, 3.8) is 0 Å². The van der Waals surface area contributed by atoms with Gasteiger partial charge in [-0.05, 0) is 26.7 Å². The van der Waals surface area contributed by atoms with Crippen LogP contribution in [0.15, 0.2) is 0 Å². The number of hydrogen-bond acceptors (Lipinski definition) is 1. The second-order valence-corrected chi connectivity index (χ2v) is 7.23. The zero-order chi connectivity index (χ0) is 13.6. The van der Waals surface area contributed by atoms with E-state index in [-0.39, 0.29) is 5.92 Å². The van der Waals surface area contributed by atoms with Gasteiger partial charge in [-0.1, -0.05) is 41.5 Å². The molecule has 0 rings (SSSR count). The molecule has 0 saturated heterocycles. The van der Waals surface area contributed by atoms with Crippen LogP contribution in [0.25, 0.3) is 0 Å². The number of halogens is 1. The van der Waals surface area contributed by atoms with Crippen molar-refractivity contribution in [2.24, 2.45) is 22.5 Å². The van der Waals surface area contributed by atoms with Gasteiger partial charge < -0.3 is 5.73 Å². The smallest absolute Gasteiger partial charge is 0.120 e. The molecule has 16 heavy (non-hydrogen) atoms. The zero-order valence-electron chi connectivity index (χ0n) is 12.5. The molecule has 0 aliphatic rings. The van der Waals surface area contributed by atoms with Gasteiger partial charge >= 0.3 is 0 Å². The third kappa shape index (κ3) is 2.13. The molecule has 0 bridgehead atoms. The Kier molecular flexibility index (Phi) is 3.95. The lowest BCUT2D eigenvalue weighted by molar-refractivity contribution is -0.117. The summed E-state index contributed by atoms with van der Waals surface area (Å²) in [6.45, 7) is 17.5. The van der Waals surface area contributed by atoms with Gasteiger partial charge in [-0.3, -0.25) is 0 Å². The third-order valence-electron chi connectivity index (χ3n) is 5.44. The number of alkyl halides is 1. The highest BCUT2D eigenvalue weighted by atomic mass is 19.1. The summed E-state index contributed by atoms with van der Waals surface area (Å²) >= 11 is 0. The highest BCUT2D eigenvalue weighted by Gasteiger charge is 2.58. The Balaban J connectivity index is 5.53. The van der Waals surface area contributed by atoms with Gasteiger partial charge in [0, 0.05) is 16.4 Å².